The summed E-state index contributed by atoms with van der Waals surface area (Å²) < 4.78 is 9.59. The fourth-order valence-electron chi connectivity index (χ4n) is 2.19. The van der Waals surface area contributed by atoms with Crippen molar-refractivity contribution in [2.24, 2.45) is 0 Å². The third-order valence-corrected chi connectivity index (χ3v) is 3.10. The van der Waals surface area contributed by atoms with Crippen LogP contribution in [-0.4, -0.2) is 77.5 Å². The maximum atomic E-state index is 12.4. The number of ether oxygens (including phenoxy) is 2. The van der Waals surface area contributed by atoms with Gasteiger partial charge in [0.25, 0.3) is 11.8 Å². The van der Waals surface area contributed by atoms with Gasteiger partial charge in [0.15, 0.2) is 0 Å². The second-order valence-corrected chi connectivity index (χ2v) is 4.43. The summed E-state index contributed by atoms with van der Waals surface area (Å²) in [4.78, 5) is 49.3. The molecule has 117 valence electrons. The van der Waals surface area contributed by atoms with E-state index in [4.69, 9.17) is 9.47 Å². The van der Waals surface area contributed by atoms with Crippen molar-refractivity contribution in [3.63, 3.8) is 0 Å². The van der Waals surface area contributed by atoms with Gasteiger partial charge < -0.3 is 9.47 Å². The smallest absolute Gasteiger partial charge is 0.341 e. The Balaban J connectivity index is 0.00000264. The van der Waals surface area contributed by atoms with Crippen LogP contribution >= 0.6 is 0 Å². The minimum atomic E-state index is -1.73. The van der Waals surface area contributed by atoms with Crippen LogP contribution < -0.4 is 0 Å². The van der Waals surface area contributed by atoms with Crippen LogP contribution in [0.3, 0.4) is 0 Å². The van der Waals surface area contributed by atoms with Gasteiger partial charge in [-0.1, -0.05) is 12.1 Å². The van der Waals surface area contributed by atoms with E-state index < -0.39 is 29.8 Å². The molecular formula is C15H15NNaO6. The van der Waals surface area contributed by atoms with Crippen molar-refractivity contribution in [2.45, 2.75) is 19.9 Å². The quantitative estimate of drug-likeness (QED) is 0.336. The van der Waals surface area contributed by atoms with Crippen molar-refractivity contribution in [1.29, 1.82) is 0 Å². The molecule has 0 saturated heterocycles. The van der Waals surface area contributed by atoms with Crippen LogP contribution in [0.2, 0.25) is 0 Å². The number of esters is 2. The summed E-state index contributed by atoms with van der Waals surface area (Å²) in [5.41, 5.74) is 0.289. The van der Waals surface area contributed by atoms with Crippen LogP contribution in [0, 0.1) is 0 Å². The zero-order valence-electron chi connectivity index (χ0n) is 13.2. The molecule has 2 rings (SSSR count). The SMILES string of the molecule is CCOC(=O)C(C(=O)OCC)N1C(=O)c2ccccc2C1=O.[Na]. The van der Waals surface area contributed by atoms with Crippen LogP contribution in [0.4, 0.5) is 0 Å². The molecule has 1 aliphatic heterocycles. The standard InChI is InChI=1S/C15H15NO6.Na/c1-3-21-14(19)11(15(20)22-4-2)16-12(17)9-7-5-6-8-10(9)13(16)18;/h5-8,11H,3-4H2,1-2H3;. The molecule has 0 fully saturated rings. The van der Waals surface area contributed by atoms with Crippen LogP contribution in [0.15, 0.2) is 24.3 Å². The molecule has 0 aromatic heterocycles. The van der Waals surface area contributed by atoms with E-state index in [0.29, 0.717) is 4.90 Å². The Morgan fingerprint density at radius 1 is 0.957 bits per heavy atom. The first kappa shape index (κ1) is 19.3. The van der Waals surface area contributed by atoms with Crippen molar-refractivity contribution >= 4 is 53.3 Å². The summed E-state index contributed by atoms with van der Waals surface area (Å²) in [6, 6.07) is 4.38. The first-order chi connectivity index (χ1) is 10.5. The van der Waals surface area contributed by atoms with E-state index in [9.17, 15) is 19.2 Å². The van der Waals surface area contributed by atoms with E-state index in [0.717, 1.165) is 0 Å². The second kappa shape index (κ2) is 8.24. The number of rotatable bonds is 5. The van der Waals surface area contributed by atoms with Crippen molar-refractivity contribution in [1.82, 2.24) is 4.90 Å². The van der Waals surface area contributed by atoms with Gasteiger partial charge in [0.05, 0.1) is 24.3 Å². The summed E-state index contributed by atoms with van der Waals surface area (Å²) in [6.45, 7) is 3.14. The van der Waals surface area contributed by atoms with Gasteiger partial charge in [-0.2, -0.15) is 0 Å². The van der Waals surface area contributed by atoms with Gasteiger partial charge in [0, 0.05) is 29.6 Å². The van der Waals surface area contributed by atoms with Crippen LogP contribution in [0.1, 0.15) is 34.6 Å². The molecule has 7 nitrogen and oxygen atoms in total. The molecule has 0 atom stereocenters. The van der Waals surface area contributed by atoms with E-state index in [2.05, 4.69) is 0 Å². The summed E-state index contributed by atoms with van der Waals surface area (Å²) in [6.07, 6.45) is 0. The molecular weight excluding hydrogens is 313 g/mol. The van der Waals surface area contributed by atoms with Crippen LogP contribution in [-0.2, 0) is 19.1 Å². The zero-order chi connectivity index (χ0) is 16.3. The van der Waals surface area contributed by atoms with E-state index in [1.807, 2.05) is 0 Å². The monoisotopic (exact) mass is 328 g/mol. The van der Waals surface area contributed by atoms with Gasteiger partial charge in [0.2, 0.25) is 6.04 Å². The molecule has 1 heterocycles. The minimum Gasteiger partial charge on any atom is -0.464 e. The predicted molar refractivity (Wildman–Crippen MR) is 79.8 cm³/mol. The Morgan fingerprint density at radius 2 is 1.35 bits per heavy atom. The molecule has 1 aromatic rings. The molecule has 0 spiro atoms. The molecule has 8 heteroatoms. The molecule has 2 amide bonds. The van der Waals surface area contributed by atoms with E-state index in [1.54, 1.807) is 26.0 Å². The topological polar surface area (TPSA) is 90.0 Å². The number of carbonyl (C=O) groups excluding carboxylic acids is 4. The van der Waals surface area contributed by atoms with Gasteiger partial charge >= 0.3 is 11.9 Å². The van der Waals surface area contributed by atoms with E-state index in [-0.39, 0.29) is 53.9 Å². The maximum Gasteiger partial charge on any atom is 0.341 e. The van der Waals surface area contributed by atoms with Gasteiger partial charge in [0.1, 0.15) is 0 Å². The van der Waals surface area contributed by atoms with Crippen molar-refractivity contribution in [3.05, 3.63) is 35.4 Å². The Labute approximate surface area is 155 Å². The van der Waals surface area contributed by atoms with Crippen LogP contribution in [0.5, 0.6) is 0 Å². The van der Waals surface area contributed by atoms with Gasteiger partial charge in [-0.3, -0.25) is 9.59 Å². The average molecular weight is 328 g/mol. The molecule has 1 aromatic carbocycles. The number of hydrogen-bond donors (Lipinski definition) is 0. The largest absolute Gasteiger partial charge is 0.464 e. The predicted octanol–water partition coefficient (Wildman–Crippen LogP) is 0.397. The van der Waals surface area contributed by atoms with E-state index >= 15 is 0 Å². The molecule has 0 N–H and O–H groups in total. The number of hydrogen-bond acceptors (Lipinski definition) is 6. The summed E-state index contributed by atoms with van der Waals surface area (Å²) in [7, 11) is 0. The molecule has 23 heavy (non-hydrogen) atoms. The molecule has 0 aliphatic carbocycles. The fraction of sp³-hybridized carbons (Fsp3) is 0.333. The summed E-state index contributed by atoms with van der Waals surface area (Å²) in [5, 5.41) is 0. The molecule has 0 unspecified atom stereocenters. The third-order valence-electron chi connectivity index (χ3n) is 3.10. The Hall–Kier alpha value is -1.70. The molecule has 1 aliphatic rings. The third kappa shape index (κ3) is 3.63. The maximum absolute atomic E-state index is 12.4. The first-order valence-electron chi connectivity index (χ1n) is 6.83. The Kier molecular flexibility index (Phi) is 6.93. The van der Waals surface area contributed by atoms with Crippen LogP contribution in [0.25, 0.3) is 0 Å². The van der Waals surface area contributed by atoms with Gasteiger partial charge in [-0.15, -0.1) is 0 Å². The second-order valence-electron chi connectivity index (χ2n) is 4.43. The molecule has 0 bridgehead atoms. The zero-order valence-corrected chi connectivity index (χ0v) is 15.2. The number of nitrogens with zero attached hydrogens (tertiary/aromatic N) is 1. The summed E-state index contributed by atoms with van der Waals surface area (Å²) >= 11 is 0. The van der Waals surface area contributed by atoms with Crippen molar-refractivity contribution in [2.75, 3.05) is 13.2 Å². The number of fused-ring (bicyclic) bond motifs is 1. The van der Waals surface area contributed by atoms with Crippen molar-refractivity contribution in [3.8, 4) is 0 Å². The molecule has 1 radical (unpaired) electrons. The van der Waals surface area contributed by atoms with Gasteiger partial charge in [-0.25, -0.2) is 14.5 Å². The van der Waals surface area contributed by atoms with Crippen molar-refractivity contribution < 1.29 is 28.7 Å². The summed E-state index contributed by atoms with van der Waals surface area (Å²) in [5.74, 6) is -3.41. The number of carbonyl (C=O) groups is 4. The number of amides is 2. The number of benzene rings is 1. The first-order valence-corrected chi connectivity index (χ1v) is 6.83. The number of imide groups is 1. The Morgan fingerprint density at radius 3 is 1.70 bits per heavy atom. The molecule has 0 saturated carbocycles. The minimum absolute atomic E-state index is 0. The van der Waals surface area contributed by atoms with E-state index in [1.165, 1.54) is 12.1 Å². The Bertz CT molecular complexity index is 592. The fourth-order valence-corrected chi connectivity index (χ4v) is 2.19. The average Bonchev–Trinajstić information content (AvgIpc) is 2.74. The van der Waals surface area contributed by atoms with Gasteiger partial charge in [-0.05, 0) is 26.0 Å². The normalized spacial score (nSPS) is 12.7.